The van der Waals surface area contributed by atoms with Crippen molar-refractivity contribution < 1.29 is 19.7 Å². The molecule has 0 fully saturated rings. The Morgan fingerprint density at radius 2 is 1.56 bits per heavy atom. The molecule has 4 nitrogen and oxygen atoms in total. The van der Waals surface area contributed by atoms with Crippen molar-refractivity contribution >= 4 is 5.78 Å². The Labute approximate surface area is 149 Å². The third kappa shape index (κ3) is 5.52. The Bertz CT molecular complexity index is 694. The number of unbranched alkanes of at least 4 members (excludes halogenated alkanes) is 5. The standard InChI is InChI=1S/C21H26O4/c1-2-3-4-5-6-9-14-25-16-12-13-18(20(23)15-16)21(24)17-10-7-8-11-19(17)22/h7-8,10-13,15,22-23H,2-6,9,14H2,1H3. The minimum absolute atomic E-state index is 0.102. The number of phenols is 2. The zero-order valence-electron chi connectivity index (χ0n) is 14.7. The highest BCUT2D eigenvalue weighted by Crippen LogP contribution is 2.28. The molecule has 0 saturated carbocycles. The highest BCUT2D eigenvalue weighted by Gasteiger charge is 2.17. The summed E-state index contributed by atoms with van der Waals surface area (Å²) in [5.74, 6) is -0.123. The van der Waals surface area contributed by atoms with Crippen LogP contribution in [0.2, 0.25) is 0 Å². The van der Waals surface area contributed by atoms with E-state index in [1.54, 1.807) is 18.2 Å². The second-order valence-electron chi connectivity index (χ2n) is 6.14. The SMILES string of the molecule is CCCCCCCCOc1ccc(C(=O)c2ccccc2O)c(O)c1. The normalized spacial score (nSPS) is 10.6. The van der Waals surface area contributed by atoms with Gasteiger partial charge in [-0.05, 0) is 30.7 Å². The molecule has 0 saturated heterocycles. The first-order valence-electron chi connectivity index (χ1n) is 8.92. The van der Waals surface area contributed by atoms with Crippen LogP contribution in [0, 0.1) is 0 Å². The molecule has 0 amide bonds. The summed E-state index contributed by atoms with van der Waals surface area (Å²) >= 11 is 0. The van der Waals surface area contributed by atoms with Crippen molar-refractivity contribution in [1.29, 1.82) is 0 Å². The number of carbonyl (C=O) groups is 1. The van der Waals surface area contributed by atoms with Gasteiger partial charge in [0.05, 0.1) is 17.7 Å². The molecular weight excluding hydrogens is 316 g/mol. The van der Waals surface area contributed by atoms with Crippen LogP contribution in [-0.2, 0) is 0 Å². The summed E-state index contributed by atoms with van der Waals surface area (Å²) in [4.78, 5) is 12.4. The maximum absolute atomic E-state index is 12.4. The third-order valence-electron chi connectivity index (χ3n) is 4.13. The van der Waals surface area contributed by atoms with Gasteiger partial charge in [0.1, 0.15) is 17.2 Å². The van der Waals surface area contributed by atoms with Gasteiger partial charge in [0, 0.05) is 6.07 Å². The number of para-hydroxylation sites is 1. The maximum atomic E-state index is 12.4. The minimum atomic E-state index is -0.418. The van der Waals surface area contributed by atoms with Gasteiger partial charge in [-0.3, -0.25) is 4.79 Å². The van der Waals surface area contributed by atoms with Crippen LogP contribution in [0.1, 0.15) is 61.4 Å². The van der Waals surface area contributed by atoms with Gasteiger partial charge in [-0.15, -0.1) is 0 Å². The number of aromatic hydroxyl groups is 2. The third-order valence-corrected chi connectivity index (χ3v) is 4.13. The van der Waals surface area contributed by atoms with Crippen molar-refractivity contribution in [2.75, 3.05) is 6.61 Å². The molecule has 134 valence electrons. The van der Waals surface area contributed by atoms with Crippen LogP contribution in [0.3, 0.4) is 0 Å². The molecule has 2 rings (SSSR count). The fourth-order valence-electron chi connectivity index (χ4n) is 2.68. The van der Waals surface area contributed by atoms with E-state index in [0.29, 0.717) is 12.4 Å². The lowest BCUT2D eigenvalue weighted by Gasteiger charge is -2.09. The van der Waals surface area contributed by atoms with Crippen LogP contribution < -0.4 is 4.74 Å². The number of hydrogen-bond donors (Lipinski definition) is 2. The van der Waals surface area contributed by atoms with Gasteiger partial charge in [-0.25, -0.2) is 0 Å². The van der Waals surface area contributed by atoms with E-state index in [0.717, 1.165) is 12.8 Å². The van der Waals surface area contributed by atoms with Crippen LogP contribution in [0.5, 0.6) is 17.2 Å². The summed E-state index contributed by atoms with van der Waals surface area (Å²) in [6.45, 7) is 2.79. The van der Waals surface area contributed by atoms with Crippen molar-refractivity contribution in [2.45, 2.75) is 45.4 Å². The van der Waals surface area contributed by atoms with Crippen LogP contribution in [0.25, 0.3) is 0 Å². The number of hydrogen-bond acceptors (Lipinski definition) is 4. The molecule has 0 spiro atoms. The van der Waals surface area contributed by atoms with Crippen LogP contribution in [0.15, 0.2) is 42.5 Å². The van der Waals surface area contributed by atoms with Gasteiger partial charge in [-0.2, -0.15) is 0 Å². The lowest BCUT2D eigenvalue weighted by Crippen LogP contribution is -2.03. The number of ketones is 1. The van der Waals surface area contributed by atoms with Gasteiger partial charge in [0.15, 0.2) is 5.78 Å². The highest BCUT2D eigenvalue weighted by molar-refractivity contribution is 6.12. The Morgan fingerprint density at radius 3 is 2.28 bits per heavy atom. The first-order valence-corrected chi connectivity index (χ1v) is 8.92. The molecule has 2 aromatic rings. The van der Waals surface area contributed by atoms with E-state index in [-0.39, 0.29) is 22.6 Å². The first kappa shape index (κ1) is 18.8. The number of rotatable bonds is 10. The van der Waals surface area contributed by atoms with E-state index in [9.17, 15) is 15.0 Å². The van der Waals surface area contributed by atoms with E-state index >= 15 is 0 Å². The molecule has 2 N–H and O–H groups in total. The molecule has 0 aromatic heterocycles. The highest BCUT2D eigenvalue weighted by atomic mass is 16.5. The molecule has 0 aliphatic heterocycles. The van der Waals surface area contributed by atoms with Crippen molar-refractivity contribution in [3.05, 3.63) is 53.6 Å². The number of phenolic OH excluding ortho intramolecular Hbond substituents is 2. The number of carbonyl (C=O) groups excluding carboxylic acids is 1. The Hall–Kier alpha value is -2.49. The molecule has 0 atom stereocenters. The van der Waals surface area contributed by atoms with Crippen LogP contribution in [-0.4, -0.2) is 22.6 Å². The predicted octanol–water partition coefficient (Wildman–Crippen LogP) is 5.07. The Balaban J connectivity index is 1.90. The summed E-state index contributed by atoms with van der Waals surface area (Å²) in [5.41, 5.74) is 0.312. The second-order valence-corrected chi connectivity index (χ2v) is 6.14. The first-order chi connectivity index (χ1) is 12.1. The van der Waals surface area contributed by atoms with E-state index in [1.807, 2.05) is 0 Å². The van der Waals surface area contributed by atoms with Crippen LogP contribution in [0.4, 0.5) is 0 Å². The zero-order valence-corrected chi connectivity index (χ0v) is 14.7. The van der Waals surface area contributed by atoms with E-state index in [4.69, 9.17) is 4.74 Å². The monoisotopic (exact) mass is 342 g/mol. The van der Waals surface area contributed by atoms with Gasteiger partial charge < -0.3 is 14.9 Å². The van der Waals surface area contributed by atoms with E-state index < -0.39 is 5.78 Å². The minimum Gasteiger partial charge on any atom is -0.507 e. The van der Waals surface area contributed by atoms with E-state index in [2.05, 4.69) is 6.92 Å². The number of ether oxygens (including phenoxy) is 1. The molecule has 4 heteroatoms. The fourth-order valence-corrected chi connectivity index (χ4v) is 2.68. The van der Waals surface area contributed by atoms with E-state index in [1.165, 1.54) is 49.9 Å². The number of benzene rings is 2. The maximum Gasteiger partial charge on any atom is 0.200 e. The van der Waals surface area contributed by atoms with Crippen molar-refractivity contribution in [3.63, 3.8) is 0 Å². The second kappa shape index (κ2) is 9.72. The van der Waals surface area contributed by atoms with Crippen molar-refractivity contribution in [1.82, 2.24) is 0 Å². The van der Waals surface area contributed by atoms with Crippen LogP contribution >= 0.6 is 0 Å². The lowest BCUT2D eigenvalue weighted by molar-refractivity contribution is 0.103. The fraction of sp³-hybridized carbons (Fsp3) is 0.381. The molecule has 2 aromatic carbocycles. The molecule has 0 radical (unpaired) electrons. The summed E-state index contributed by atoms with van der Waals surface area (Å²) < 4.78 is 5.64. The molecular formula is C21H26O4. The lowest BCUT2D eigenvalue weighted by atomic mass is 10.0. The topological polar surface area (TPSA) is 66.8 Å². The van der Waals surface area contributed by atoms with Gasteiger partial charge in [0.25, 0.3) is 0 Å². The Kier molecular flexibility index (Phi) is 7.33. The average Bonchev–Trinajstić information content (AvgIpc) is 2.61. The zero-order chi connectivity index (χ0) is 18.1. The molecule has 0 bridgehead atoms. The quantitative estimate of drug-likeness (QED) is 0.467. The average molecular weight is 342 g/mol. The molecule has 0 heterocycles. The smallest absolute Gasteiger partial charge is 0.200 e. The molecule has 0 aliphatic rings. The molecule has 25 heavy (non-hydrogen) atoms. The largest absolute Gasteiger partial charge is 0.507 e. The summed E-state index contributed by atoms with van der Waals surface area (Å²) in [5, 5.41) is 19.9. The summed E-state index contributed by atoms with van der Waals surface area (Å²) in [7, 11) is 0. The van der Waals surface area contributed by atoms with Crippen molar-refractivity contribution in [2.24, 2.45) is 0 Å². The van der Waals surface area contributed by atoms with Gasteiger partial charge in [0.2, 0.25) is 0 Å². The molecule has 0 aliphatic carbocycles. The summed E-state index contributed by atoms with van der Waals surface area (Å²) in [6, 6.07) is 10.9. The van der Waals surface area contributed by atoms with Gasteiger partial charge >= 0.3 is 0 Å². The predicted molar refractivity (Wildman–Crippen MR) is 98.5 cm³/mol. The van der Waals surface area contributed by atoms with Gasteiger partial charge in [-0.1, -0.05) is 51.2 Å². The van der Waals surface area contributed by atoms with Crippen molar-refractivity contribution in [3.8, 4) is 17.2 Å². The Morgan fingerprint density at radius 1 is 0.880 bits per heavy atom. The molecule has 0 unspecified atom stereocenters. The summed E-state index contributed by atoms with van der Waals surface area (Å²) in [6.07, 6.45) is 7.11.